The highest BCUT2D eigenvalue weighted by Crippen LogP contribution is 2.30. The van der Waals surface area contributed by atoms with Crippen LogP contribution in [0.4, 0.5) is 5.69 Å². The molecule has 2 nitrogen and oxygen atoms in total. The number of phenols is 1. The minimum absolute atomic E-state index is 0.0104. The van der Waals surface area contributed by atoms with Crippen LogP contribution in [0.5, 0.6) is 5.75 Å². The van der Waals surface area contributed by atoms with Crippen molar-refractivity contribution in [1.29, 1.82) is 0 Å². The van der Waals surface area contributed by atoms with Crippen LogP contribution in [0.15, 0.2) is 41.4 Å². The Morgan fingerprint density at radius 1 is 1.21 bits per heavy atom. The smallest absolute Gasteiger partial charge is 0.143 e. The second kappa shape index (κ2) is 6.09. The Kier molecular flexibility index (Phi) is 4.46. The summed E-state index contributed by atoms with van der Waals surface area (Å²) < 4.78 is 0. The lowest BCUT2D eigenvalue weighted by atomic mass is 10.1. The molecule has 0 amide bonds. The molecule has 1 N–H and O–H groups in total. The molecule has 0 saturated heterocycles. The molecule has 0 saturated carbocycles. The van der Waals surface area contributed by atoms with E-state index in [2.05, 4.69) is 11.9 Å². The third-order valence-electron chi connectivity index (χ3n) is 2.77. The number of rotatable bonds is 3. The van der Waals surface area contributed by atoms with Crippen LogP contribution >= 0.6 is 23.2 Å². The maximum atomic E-state index is 9.84. The minimum atomic E-state index is -0.0104. The molecule has 0 aromatic heterocycles. The van der Waals surface area contributed by atoms with Crippen LogP contribution in [0.2, 0.25) is 10.0 Å². The molecule has 98 valence electrons. The van der Waals surface area contributed by atoms with Crippen molar-refractivity contribution in [2.45, 2.75) is 13.3 Å². The van der Waals surface area contributed by atoms with Crippen molar-refractivity contribution in [1.82, 2.24) is 0 Å². The van der Waals surface area contributed by atoms with Gasteiger partial charge >= 0.3 is 0 Å². The van der Waals surface area contributed by atoms with E-state index in [0.717, 1.165) is 17.7 Å². The third kappa shape index (κ3) is 3.28. The predicted octanol–water partition coefficient (Wildman–Crippen LogP) is 5.01. The molecule has 0 bridgehead atoms. The van der Waals surface area contributed by atoms with Gasteiger partial charge in [-0.25, -0.2) is 0 Å². The number of hydrogen-bond acceptors (Lipinski definition) is 2. The number of benzene rings is 2. The summed E-state index contributed by atoms with van der Waals surface area (Å²) in [4.78, 5) is 4.39. The second-order valence-electron chi connectivity index (χ2n) is 4.07. The molecule has 2 aromatic rings. The maximum Gasteiger partial charge on any atom is 0.143 e. The first-order valence-electron chi connectivity index (χ1n) is 5.91. The van der Waals surface area contributed by atoms with Crippen molar-refractivity contribution in [3.05, 3.63) is 57.6 Å². The normalized spacial score (nSPS) is 11.1. The minimum Gasteiger partial charge on any atom is -0.506 e. The van der Waals surface area contributed by atoms with Gasteiger partial charge in [-0.1, -0.05) is 48.3 Å². The molecule has 0 fully saturated rings. The Labute approximate surface area is 122 Å². The number of aliphatic imine (C=N–C) groups is 1. The first-order chi connectivity index (χ1) is 9.11. The largest absolute Gasteiger partial charge is 0.506 e. The van der Waals surface area contributed by atoms with Crippen molar-refractivity contribution in [3.8, 4) is 5.75 Å². The third-order valence-corrected chi connectivity index (χ3v) is 3.28. The maximum absolute atomic E-state index is 9.84. The Morgan fingerprint density at radius 3 is 2.68 bits per heavy atom. The Bertz CT molecular complexity index is 624. The Balaban J connectivity index is 2.38. The van der Waals surface area contributed by atoms with Gasteiger partial charge in [-0.15, -0.1) is 0 Å². The summed E-state index contributed by atoms with van der Waals surface area (Å²) in [6, 6.07) is 11.0. The lowest BCUT2D eigenvalue weighted by Crippen LogP contribution is -1.85. The molecule has 0 heterocycles. The summed E-state index contributed by atoms with van der Waals surface area (Å²) in [5.41, 5.74) is 2.52. The molecule has 2 aromatic carbocycles. The van der Waals surface area contributed by atoms with Crippen LogP contribution in [0.25, 0.3) is 0 Å². The number of aryl methyl sites for hydroxylation is 1. The molecular formula is C15H13Cl2NO. The zero-order valence-electron chi connectivity index (χ0n) is 10.4. The molecule has 0 radical (unpaired) electrons. The van der Waals surface area contributed by atoms with Crippen molar-refractivity contribution >= 4 is 35.1 Å². The zero-order valence-corrected chi connectivity index (χ0v) is 11.9. The number of nitrogens with zero attached hydrogens (tertiary/aromatic N) is 1. The van der Waals surface area contributed by atoms with Crippen molar-refractivity contribution in [2.24, 2.45) is 4.99 Å². The zero-order chi connectivity index (χ0) is 13.8. The van der Waals surface area contributed by atoms with E-state index >= 15 is 0 Å². The van der Waals surface area contributed by atoms with Gasteiger partial charge in [0.2, 0.25) is 0 Å². The van der Waals surface area contributed by atoms with Crippen molar-refractivity contribution in [2.75, 3.05) is 0 Å². The van der Waals surface area contributed by atoms with Gasteiger partial charge in [0.25, 0.3) is 0 Å². The molecule has 0 spiro atoms. The standard InChI is InChI=1S/C15H13Cl2NO/c1-2-10-5-3-4-6-14(10)18-9-11-7-12(16)8-13(17)15(11)19/h3-9,19H,2H2,1H3. The van der Waals surface area contributed by atoms with E-state index in [1.807, 2.05) is 24.3 Å². The van der Waals surface area contributed by atoms with E-state index in [9.17, 15) is 5.11 Å². The lowest BCUT2D eigenvalue weighted by Gasteiger charge is -2.04. The summed E-state index contributed by atoms with van der Waals surface area (Å²) in [7, 11) is 0. The quantitative estimate of drug-likeness (QED) is 0.793. The summed E-state index contributed by atoms with van der Waals surface area (Å²) in [5, 5.41) is 10.5. The molecule has 0 unspecified atom stereocenters. The number of hydrogen-bond donors (Lipinski definition) is 1. The fraction of sp³-hybridized carbons (Fsp3) is 0.133. The topological polar surface area (TPSA) is 32.6 Å². The SMILES string of the molecule is CCc1ccccc1N=Cc1cc(Cl)cc(Cl)c1O. The second-order valence-corrected chi connectivity index (χ2v) is 4.91. The molecule has 4 heteroatoms. The predicted molar refractivity (Wildman–Crippen MR) is 81.2 cm³/mol. The van der Waals surface area contributed by atoms with E-state index in [1.54, 1.807) is 12.3 Å². The van der Waals surface area contributed by atoms with E-state index in [4.69, 9.17) is 23.2 Å². The van der Waals surface area contributed by atoms with Crippen LogP contribution in [0.3, 0.4) is 0 Å². The van der Waals surface area contributed by atoms with Crippen LogP contribution in [0.1, 0.15) is 18.1 Å². The van der Waals surface area contributed by atoms with Gasteiger partial charge in [-0.3, -0.25) is 4.99 Å². The molecular weight excluding hydrogens is 281 g/mol. The van der Waals surface area contributed by atoms with Gasteiger partial charge in [0.15, 0.2) is 0 Å². The fourth-order valence-electron chi connectivity index (χ4n) is 1.76. The molecule has 2 rings (SSSR count). The fourth-order valence-corrected chi connectivity index (χ4v) is 2.27. The Morgan fingerprint density at radius 2 is 1.95 bits per heavy atom. The van der Waals surface area contributed by atoms with Crippen molar-refractivity contribution < 1.29 is 5.11 Å². The number of aromatic hydroxyl groups is 1. The number of phenolic OH excluding ortho intramolecular Hbond substituents is 1. The summed E-state index contributed by atoms with van der Waals surface area (Å²) >= 11 is 11.8. The molecule has 0 aliphatic carbocycles. The van der Waals surface area contributed by atoms with E-state index < -0.39 is 0 Å². The summed E-state index contributed by atoms with van der Waals surface area (Å²) in [6.07, 6.45) is 2.47. The first kappa shape index (κ1) is 13.9. The molecule has 0 atom stereocenters. The highest BCUT2D eigenvalue weighted by molar-refractivity contribution is 6.36. The van der Waals surface area contributed by atoms with Crippen LogP contribution in [0, 0.1) is 0 Å². The number of para-hydroxylation sites is 1. The first-order valence-corrected chi connectivity index (χ1v) is 6.67. The highest BCUT2D eigenvalue weighted by atomic mass is 35.5. The van der Waals surface area contributed by atoms with Gasteiger partial charge in [-0.05, 0) is 30.2 Å². The average Bonchev–Trinajstić information content (AvgIpc) is 2.41. The van der Waals surface area contributed by atoms with Crippen molar-refractivity contribution in [3.63, 3.8) is 0 Å². The molecule has 0 aliphatic rings. The van der Waals surface area contributed by atoms with Gasteiger partial charge < -0.3 is 5.11 Å². The van der Waals surface area contributed by atoms with Crippen LogP contribution in [-0.2, 0) is 6.42 Å². The van der Waals surface area contributed by atoms with Crippen LogP contribution in [-0.4, -0.2) is 11.3 Å². The molecule has 19 heavy (non-hydrogen) atoms. The highest BCUT2D eigenvalue weighted by Gasteiger charge is 2.06. The summed E-state index contributed by atoms with van der Waals surface area (Å²) in [5.74, 6) is -0.0104. The Hall–Kier alpha value is -1.51. The summed E-state index contributed by atoms with van der Waals surface area (Å²) in [6.45, 7) is 2.07. The lowest BCUT2D eigenvalue weighted by molar-refractivity contribution is 0.475. The van der Waals surface area contributed by atoms with Gasteiger partial charge in [0, 0.05) is 16.8 Å². The van der Waals surface area contributed by atoms with Gasteiger partial charge in [0.05, 0.1) is 10.7 Å². The van der Waals surface area contributed by atoms with E-state index in [-0.39, 0.29) is 10.8 Å². The average molecular weight is 294 g/mol. The molecule has 0 aliphatic heterocycles. The van der Waals surface area contributed by atoms with Crippen LogP contribution < -0.4 is 0 Å². The van der Waals surface area contributed by atoms with Gasteiger partial charge in [0.1, 0.15) is 5.75 Å². The van der Waals surface area contributed by atoms with E-state index in [0.29, 0.717) is 10.6 Å². The van der Waals surface area contributed by atoms with Gasteiger partial charge in [-0.2, -0.15) is 0 Å². The van der Waals surface area contributed by atoms with E-state index in [1.165, 1.54) is 6.07 Å². The number of halogens is 2. The monoisotopic (exact) mass is 293 g/mol.